The highest BCUT2D eigenvalue weighted by Crippen LogP contribution is 2.24. The Morgan fingerprint density at radius 3 is 2.17 bits per heavy atom. The van der Waals surface area contributed by atoms with Gasteiger partial charge in [-0.3, -0.25) is 9.52 Å². The topological polar surface area (TPSA) is 111 Å². The summed E-state index contributed by atoms with van der Waals surface area (Å²) in [6, 6.07) is 23.4. The monoisotopic (exact) mass is 508 g/mol. The second-order valence-corrected chi connectivity index (χ2v) is 10.6. The lowest BCUT2D eigenvalue weighted by molar-refractivity contribution is -0.114. The summed E-state index contributed by atoms with van der Waals surface area (Å²) < 4.78 is 28.1. The molecule has 0 saturated carbocycles. The van der Waals surface area contributed by atoms with Crippen LogP contribution in [-0.2, 0) is 14.8 Å². The molecule has 1 fully saturated rings. The molecule has 0 bridgehead atoms. The largest absolute Gasteiger partial charge is 0.387 e. The van der Waals surface area contributed by atoms with Gasteiger partial charge in [0.2, 0.25) is 5.91 Å². The Bertz CT molecular complexity index is 1240. The van der Waals surface area contributed by atoms with E-state index in [4.69, 9.17) is 0 Å². The van der Waals surface area contributed by atoms with Crippen LogP contribution in [0.3, 0.4) is 0 Å². The number of amides is 1. The number of nitrogens with zero attached hydrogens (tertiary/aromatic N) is 1. The molecule has 190 valence electrons. The van der Waals surface area contributed by atoms with Crippen molar-refractivity contribution in [2.75, 3.05) is 34.6 Å². The minimum Gasteiger partial charge on any atom is -0.387 e. The summed E-state index contributed by atoms with van der Waals surface area (Å²) in [6.45, 7) is 3.68. The zero-order chi connectivity index (χ0) is 25.5. The predicted octanol–water partition coefficient (Wildman–Crippen LogP) is 3.74. The van der Waals surface area contributed by atoms with Crippen LogP contribution in [0.15, 0.2) is 83.8 Å². The maximum absolute atomic E-state index is 12.7. The third-order valence-electron chi connectivity index (χ3n) is 6.25. The first kappa shape index (κ1) is 25.7. The first-order chi connectivity index (χ1) is 17.3. The van der Waals surface area contributed by atoms with Crippen molar-refractivity contribution in [1.82, 2.24) is 5.32 Å². The molecule has 1 amide bonds. The van der Waals surface area contributed by atoms with Gasteiger partial charge in [0.1, 0.15) is 0 Å². The molecule has 36 heavy (non-hydrogen) atoms. The van der Waals surface area contributed by atoms with Gasteiger partial charge in [-0.05, 0) is 66.9 Å². The standard InChI is InChI=1S/C27H32N4O4S/c1-20(32)29-23-9-13-26(14-10-23)36(34,35)30-24-7-11-25(12-8-24)31-17-15-22(16-18-31)28-19-27(33)21-5-3-2-4-6-21/h2-14,22,27-28,30,33H,15-19H2,1H3,(H,29,32)/t27-/m0/s1. The molecule has 1 heterocycles. The van der Waals surface area contributed by atoms with Crippen LogP contribution in [0.4, 0.5) is 17.1 Å². The number of benzene rings is 3. The van der Waals surface area contributed by atoms with Gasteiger partial charge in [-0.15, -0.1) is 0 Å². The van der Waals surface area contributed by atoms with E-state index in [1.54, 1.807) is 24.3 Å². The molecule has 4 N–H and O–H groups in total. The van der Waals surface area contributed by atoms with E-state index in [9.17, 15) is 18.3 Å². The van der Waals surface area contributed by atoms with Crippen molar-refractivity contribution < 1.29 is 18.3 Å². The van der Waals surface area contributed by atoms with Crippen molar-refractivity contribution >= 4 is 33.0 Å². The number of carbonyl (C=O) groups is 1. The summed E-state index contributed by atoms with van der Waals surface area (Å²) in [7, 11) is -3.74. The highest BCUT2D eigenvalue weighted by Gasteiger charge is 2.21. The summed E-state index contributed by atoms with van der Waals surface area (Å²) in [5.74, 6) is -0.217. The molecule has 0 aromatic heterocycles. The van der Waals surface area contributed by atoms with Crippen molar-refractivity contribution in [2.24, 2.45) is 0 Å². The second-order valence-electron chi connectivity index (χ2n) is 8.95. The summed E-state index contributed by atoms with van der Waals surface area (Å²) in [5, 5.41) is 16.5. The maximum Gasteiger partial charge on any atom is 0.261 e. The molecule has 9 heteroatoms. The summed E-state index contributed by atoms with van der Waals surface area (Å²) in [5.41, 5.74) is 2.98. The molecule has 0 radical (unpaired) electrons. The maximum atomic E-state index is 12.7. The minimum atomic E-state index is -3.74. The van der Waals surface area contributed by atoms with Gasteiger partial charge < -0.3 is 20.6 Å². The lowest BCUT2D eigenvalue weighted by Crippen LogP contribution is -2.43. The third-order valence-corrected chi connectivity index (χ3v) is 7.65. The molecule has 1 saturated heterocycles. The van der Waals surface area contributed by atoms with Crippen LogP contribution in [0.5, 0.6) is 0 Å². The third kappa shape index (κ3) is 6.84. The van der Waals surface area contributed by atoms with E-state index in [2.05, 4.69) is 20.3 Å². The Labute approximate surface area is 212 Å². The number of hydrogen-bond acceptors (Lipinski definition) is 6. The van der Waals surface area contributed by atoms with Crippen molar-refractivity contribution in [3.8, 4) is 0 Å². The first-order valence-electron chi connectivity index (χ1n) is 12.0. The Balaban J connectivity index is 1.27. The van der Waals surface area contributed by atoms with E-state index < -0.39 is 16.1 Å². The van der Waals surface area contributed by atoms with Gasteiger partial charge in [0.25, 0.3) is 10.0 Å². The number of anilines is 3. The molecule has 3 aromatic carbocycles. The molecule has 1 aliphatic heterocycles. The second kappa shape index (κ2) is 11.6. The van der Waals surface area contributed by atoms with Gasteiger partial charge in [0, 0.05) is 49.7 Å². The molecule has 0 aliphatic carbocycles. The van der Waals surface area contributed by atoms with E-state index in [1.165, 1.54) is 19.1 Å². The van der Waals surface area contributed by atoms with Gasteiger partial charge >= 0.3 is 0 Å². The summed E-state index contributed by atoms with van der Waals surface area (Å²) >= 11 is 0. The van der Waals surface area contributed by atoms with Crippen LogP contribution >= 0.6 is 0 Å². The Hall–Kier alpha value is -3.40. The fraction of sp³-hybridized carbons (Fsp3) is 0.296. The number of aliphatic hydroxyl groups is 1. The van der Waals surface area contributed by atoms with Crippen LogP contribution in [0, 0.1) is 0 Å². The molecule has 3 aromatic rings. The Morgan fingerprint density at radius 1 is 0.944 bits per heavy atom. The molecule has 0 spiro atoms. The van der Waals surface area contributed by atoms with E-state index in [0.29, 0.717) is 24.0 Å². The molecule has 0 unspecified atom stereocenters. The number of aliphatic hydroxyl groups excluding tert-OH is 1. The smallest absolute Gasteiger partial charge is 0.261 e. The molecular formula is C27H32N4O4S. The number of rotatable bonds is 9. The normalized spacial score (nSPS) is 15.3. The average molecular weight is 509 g/mol. The fourth-order valence-electron chi connectivity index (χ4n) is 4.29. The summed E-state index contributed by atoms with van der Waals surface area (Å²) in [6.07, 6.45) is 1.41. The number of hydrogen-bond donors (Lipinski definition) is 4. The van der Waals surface area contributed by atoms with E-state index in [0.717, 1.165) is 37.2 Å². The number of piperidine rings is 1. The van der Waals surface area contributed by atoms with Crippen LogP contribution in [0.25, 0.3) is 0 Å². The zero-order valence-corrected chi connectivity index (χ0v) is 21.0. The molecular weight excluding hydrogens is 476 g/mol. The lowest BCUT2D eigenvalue weighted by atomic mass is 10.0. The van der Waals surface area contributed by atoms with Gasteiger partial charge in [-0.1, -0.05) is 30.3 Å². The van der Waals surface area contributed by atoms with Crippen LogP contribution in [-0.4, -0.2) is 45.1 Å². The number of sulfonamides is 1. The lowest BCUT2D eigenvalue weighted by Gasteiger charge is -2.34. The highest BCUT2D eigenvalue weighted by molar-refractivity contribution is 7.92. The van der Waals surface area contributed by atoms with Crippen molar-refractivity contribution in [1.29, 1.82) is 0 Å². The highest BCUT2D eigenvalue weighted by atomic mass is 32.2. The van der Waals surface area contributed by atoms with Gasteiger partial charge in [-0.25, -0.2) is 8.42 Å². The summed E-state index contributed by atoms with van der Waals surface area (Å²) in [4.78, 5) is 13.5. The van der Waals surface area contributed by atoms with Gasteiger partial charge in [-0.2, -0.15) is 0 Å². The first-order valence-corrected chi connectivity index (χ1v) is 13.5. The van der Waals surface area contributed by atoms with Crippen molar-refractivity contribution in [2.45, 2.75) is 36.8 Å². The van der Waals surface area contributed by atoms with Crippen LogP contribution < -0.4 is 20.3 Å². The molecule has 1 aliphatic rings. The average Bonchev–Trinajstić information content (AvgIpc) is 2.88. The number of carbonyl (C=O) groups excluding carboxylic acids is 1. The zero-order valence-electron chi connectivity index (χ0n) is 20.2. The molecule has 1 atom stereocenters. The predicted molar refractivity (Wildman–Crippen MR) is 143 cm³/mol. The van der Waals surface area contributed by atoms with Crippen LogP contribution in [0.1, 0.15) is 31.4 Å². The molecule has 8 nitrogen and oxygen atoms in total. The van der Waals surface area contributed by atoms with Crippen LogP contribution in [0.2, 0.25) is 0 Å². The van der Waals surface area contributed by atoms with Crippen molar-refractivity contribution in [3.05, 3.63) is 84.4 Å². The van der Waals surface area contributed by atoms with Gasteiger partial charge in [0.05, 0.1) is 11.0 Å². The number of nitrogens with one attached hydrogen (secondary N) is 3. The Morgan fingerprint density at radius 2 is 1.56 bits per heavy atom. The SMILES string of the molecule is CC(=O)Nc1ccc(S(=O)(=O)Nc2ccc(N3CCC(NC[C@H](O)c4ccccc4)CC3)cc2)cc1. The Kier molecular flexibility index (Phi) is 8.25. The van der Waals surface area contributed by atoms with Gasteiger partial charge in [0.15, 0.2) is 0 Å². The van der Waals surface area contributed by atoms with E-state index >= 15 is 0 Å². The van der Waals surface area contributed by atoms with Crippen molar-refractivity contribution in [3.63, 3.8) is 0 Å². The fourth-order valence-corrected chi connectivity index (χ4v) is 5.35. The molecule has 4 rings (SSSR count). The minimum absolute atomic E-state index is 0.118. The van der Waals surface area contributed by atoms with E-state index in [1.807, 2.05) is 42.5 Å². The van der Waals surface area contributed by atoms with E-state index in [-0.39, 0.29) is 10.8 Å². The quantitative estimate of drug-likeness (QED) is 0.351.